The fraction of sp³-hybridized carbons (Fsp3) is 0.467. The third kappa shape index (κ3) is 3.71. The highest BCUT2D eigenvalue weighted by molar-refractivity contribution is 7.10. The van der Waals surface area contributed by atoms with Crippen molar-refractivity contribution in [3.8, 4) is 5.75 Å². The largest absolute Gasteiger partial charge is 0.487 e. The van der Waals surface area contributed by atoms with Gasteiger partial charge in [0.15, 0.2) is 5.00 Å². The van der Waals surface area contributed by atoms with E-state index in [0.717, 1.165) is 22.9 Å². The van der Waals surface area contributed by atoms with Gasteiger partial charge in [0, 0.05) is 11.5 Å². The first-order valence-electron chi connectivity index (χ1n) is 6.99. The molecule has 21 heavy (non-hydrogen) atoms. The van der Waals surface area contributed by atoms with E-state index in [2.05, 4.69) is 54.8 Å². The molecule has 6 heteroatoms. The van der Waals surface area contributed by atoms with Crippen molar-refractivity contribution in [1.29, 1.82) is 0 Å². The van der Waals surface area contributed by atoms with E-state index in [1.165, 1.54) is 22.7 Å². The Balaban J connectivity index is 2.23. The van der Waals surface area contributed by atoms with Crippen LogP contribution in [-0.4, -0.2) is 9.59 Å². The fourth-order valence-corrected chi connectivity index (χ4v) is 2.55. The number of benzene rings is 1. The van der Waals surface area contributed by atoms with Gasteiger partial charge in [-0.25, -0.2) is 5.84 Å². The maximum Gasteiger partial charge on any atom is 0.150 e. The summed E-state index contributed by atoms with van der Waals surface area (Å²) < 4.78 is 9.83. The predicted molar refractivity (Wildman–Crippen MR) is 86.6 cm³/mol. The standard InChI is InChI=1S/C15H22N4OS/c1-5-10-6-7-13(11(8-10)15(2,3)4)20-9-12-14(17-16)21-19-18-12/h6-8,17H,5,9,16H2,1-4H3. The smallest absolute Gasteiger partial charge is 0.150 e. The van der Waals surface area contributed by atoms with Crippen molar-refractivity contribution in [1.82, 2.24) is 9.59 Å². The van der Waals surface area contributed by atoms with E-state index in [4.69, 9.17) is 10.6 Å². The number of anilines is 1. The zero-order chi connectivity index (χ0) is 15.5. The molecule has 0 bridgehead atoms. The van der Waals surface area contributed by atoms with Crippen LogP contribution in [0.25, 0.3) is 0 Å². The Morgan fingerprint density at radius 2 is 2.10 bits per heavy atom. The van der Waals surface area contributed by atoms with Gasteiger partial charge in [-0.2, -0.15) is 0 Å². The van der Waals surface area contributed by atoms with E-state index in [0.29, 0.717) is 6.61 Å². The molecule has 2 rings (SSSR count). The van der Waals surface area contributed by atoms with E-state index in [1.54, 1.807) is 0 Å². The lowest BCUT2D eigenvalue weighted by Crippen LogP contribution is -2.14. The SMILES string of the molecule is CCc1ccc(OCc2nnsc2NN)c(C(C)(C)C)c1. The summed E-state index contributed by atoms with van der Waals surface area (Å²) in [6, 6.07) is 6.36. The monoisotopic (exact) mass is 306 g/mol. The molecule has 0 amide bonds. The third-order valence-electron chi connectivity index (χ3n) is 3.31. The van der Waals surface area contributed by atoms with Crippen LogP contribution >= 0.6 is 11.5 Å². The van der Waals surface area contributed by atoms with Gasteiger partial charge in [0.25, 0.3) is 0 Å². The van der Waals surface area contributed by atoms with Crippen LogP contribution in [0.1, 0.15) is 44.5 Å². The molecule has 0 radical (unpaired) electrons. The number of aryl methyl sites for hydroxylation is 1. The summed E-state index contributed by atoms with van der Waals surface area (Å²) in [7, 11) is 0. The van der Waals surface area contributed by atoms with Crippen LogP contribution in [0.3, 0.4) is 0 Å². The predicted octanol–water partition coefficient (Wildman–Crippen LogP) is 3.26. The number of hydrogen-bond donors (Lipinski definition) is 2. The van der Waals surface area contributed by atoms with Crippen LogP contribution in [0, 0.1) is 0 Å². The maximum atomic E-state index is 5.96. The number of rotatable bonds is 5. The summed E-state index contributed by atoms with van der Waals surface area (Å²) in [6.45, 7) is 9.07. The van der Waals surface area contributed by atoms with Crippen LogP contribution in [0.15, 0.2) is 18.2 Å². The second-order valence-electron chi connectivity index (χ2n) is 5.92. The molecule has 0 unspecified atom stereocenters. The number of hydrogen-bond acceptors (Lipinski definition) is 6. The lowest BCUT2D eigenvalue weighted by Gasteiger charge is -2.23. The topological polar surface area (TPSA) is 73.1 Å². The summed E-state index contributed by atoms with van der Waals surface area (Å²) in [5.74, 6) is 6.31. The zero-order valence-electron chi connectivity index (χ0n) is 12.9. The molecule has 3 N–H and O–H groups in total. The number of nitrogens with zero attached hydrogens (tertiary/aromatic N) is 2. The van der Waals surface area contributed by atoms with Gasteiger partial charge >= 0.3 is 0 Å². The van der Waals surface area contributed by atoms with E-state index < -0.39 is 0 Å². The Kier molecular flexibility index (Phi) is 4.80. The van der Waals surface area contributed by atoms with Gasteiger partial charge in [0.05, 0.1) is 0 Å². The van der Waals surface area contributed by atoms with Crippen molar-refractivity contribution in [2.75, 3.05) is 5.43 Å². The third-order valence-corrected chi connectivity index (χ3v) is 4.01. The van der Waals surface area contributed by atoms with Crippen molar-refractivity contribution < 1.29 is 4.74 Å². The molecule has 0 aliphatic carbocycles. The van der Waals surface area contributed by atoms with Crippen molar-refractivity contribution >= 4 is 16.5 Å². The Labute approximate surface area is 129 Å². The molecule has 0 atom stereocenters. The minimum absolute atomic E-state index is 0.0236. The minimum Gasteiger partial charge on any atom is -0.487 e. The second-order valence-corrected chi connectivity index (χ2v) is 6.67. The Morgan fingerprint density at radius 3 is 2.71 bits per heavy atom. The van der Waals surface area contributed by atoms with E-state index in [-0.39, 0.29) is 5.41 Å². The quantitative estimate of drug-likeness (QED) is 0.655. The van der Waals surface area contributed by atoms with E-state index >= 15 is 0 Å². The lowest BCUT2D eigenvalue weighted by molar-refractivity contribution is 0.293. The highest BCUT2D eigenvalue weighted by Gasteiger charge is 2.20. The highest BCUT2D eigenvalue weighted by Crippen LogP contribution is 2.33. The van der Waals surface area contributed by atoms with Crippen molar-refractivity contribution in [2.45, 2.75) is 46.1 Å². The summed E-state index contributed by atoms with van der Waals surface area (Å²) in [4.78, 5) is 0. The number of hydrazine groups is 1. The van der Waals surface area contributed by atoms with Crippen LogP contribution in [0.4, 0.5) is 5.00 Å². The van der Waals surface area contributed by atoms with Gasteiger partial charge in [-0.05, 0) is 29.0 Å². The van der Waals surface area contributed by atoms with E-state index in [9.17, 15) is 0 Å². The molecule has 1 aromatic heterocycles. The molecule has 0 aliphatic heterocycles. The Hall–Kier alpha value is -1.66. The van der Waals surface area contributed by atoms with Crippen LogP contribution in [0.5, 0.6) is 5.75 Å². The van der Waals surface area contributed by atoms with Crippen LogP contribution in [-0.2, 0) is 18.4 Å². The molecule has 2 aromatic rings. The molecule has 0 spiro atoms. The molecule has 1 aromatic carbocycles. The number of ether oxygens (including phenoxy) is 1. The molecule has 0 aliphatic rings. The number of nitrogen functional groups attached to an aromatic ring is 1. The van der Waals surface area contributed by atoms with Crippen LogP contribution < -0.4 is 16.0 Å². The molecule has 114 valence electrons. The van der Waals surface area contributed by atoms with Gasteiger partial charge < -0.3 is 10.2 Å². The number of nitrogens with one attached hydrogen (secondary N) is 1. The Morgan fingerprint density at radius 1 is 1.33 bits per heavy atom. The van der Waals surface area contributed by atoms with Crippen molar-refractivity contribution in [2.24, 2.45) is 5.84 Å². The molecular weight excluding hydrogens is 284 g/mol. The van der Waals surface area contributed by atoms with Gasteiger partial charge in [-0.15, -0.1) is 5.10 Å². The number of nitrogens with two attached hydrogens (primary N) is 1. The van der Waals surface area contributed by atoms with Gasteiger partial charge in [0.1, 0.15) is 18.1 Å². The highest BCUT2D eigenvalue weighted by atomic mass is 32.1. The fourth-order valence-electron chi connectivity index (χ4n) is 2.07. The van der Waals surface area contributed by atoms with Gasteiger partial charge in [-0.1, -0.05) is 44.3 Å². The first kappa shape index (κ1) is 15.7. The normalized spacial score (nSPS) is 11.5. The summed E-state index contributed by atoms with van der Waals surface area (Å²) in [6.07, 6.45) is 1.01. The minimum atomic E-state index is 0.0236. The number of aromatic nitrogens is 2. The molecule has 1 heterocycles. The molecule has 0 saturated heterocycles. The second kappa shape index (κ2) is 6.41. The van der Waals surface area contributed by atoms with Crippen molar-refractivity contribution in [3.05, 3.63) is 35.0 Å². The summed E-state index contributed by atoms with van der Waals surface area (Å²) in [5.41, 5.74) is 5.85. The summed E-state index contributed by atoms with van der Waals surface area (Å²) in [5, 5.41) is 4.76. The molecule has 5 nitrogen and oxygen atoms in total. The first-order valence-corrected chi connectivity index (χ1v) is 7.77. The molecule has 0 saturated carbocycles. The lowest BCUT2D eigenvalue weighted by atomic mass is 9.85. The van der Waals surface area contributed by atoms with Crippen LogP contribution in [0.2, 0.25) is 0 Å². The maximum absolute atomic E-state index is 5.96. The first-order chi connectivity index (χ1) is 9.95. The van der Waals surface area contributed by atoms with E-state index in [1.807, 2.05) is 6.07 Å². The zero-order valence-corrected chi connectivity index (χ0v) is 13.8. The average molecular weight is 306 g/mol. The Bertz CT molecular complexity index is 604. The molecule has 0 fully saturated rings. The van der Waals surface area contributed by atoms with Gasteiger partial charge in [-0.3, -0.25) is 0 Å². The van der Waals surface area contributed by atoms with Gasteiger partial charge in [0.2, 0.25) is 0 Å². The average Bonchev–Trinajstić information content (AvgIpc) is 2.91. The summed E-state index contributed by atoms with van der Waals surface area (Å²) >= 11 is 1.22. The van der Waals surface area contributed by atoms with Crippen molar-refractivity contribution in [3.63, 3.8) is 0 Å². The molecular formula is C15H22N4OS.